The molecule has 0 aromatic heterocycles. The highest BCUT2D eigenvalue weighted by molar-refractivity contribution is 6.30. The van der Waals surface area contributed by atoms with Gasteiger partial charge in [-0.1, -0.05) is 18.0 Å². The fourth-order valence-corrected chi connectivity index (χ4v) is 3.10. The van der Waals surface area contributed by atoms with Gasteiger partial charge in [0.2, 0.25) is 5.91 Å². The lowest BCUT2D eigenvalue weighted by Crippen LogP contribution is -2.47. The summed E-state index contributed by atoms with van der Waals surface area (Å²) in [5, 5.41) is 6.90. The van der Waals surface area contributed by atoms with E-state index in [1.54, 1.807) is 6.07 Å². The number of piperidine rings is 1. The number of carbonyl (C=O) groups excluding carboxylic acids is 1. The number of rotatable bonds is 5. The molecule has 21 heavy (non-hydrogen) atoms. The van der Waals surface area contributed by atoms with Crippen LogP contribution in [0, 0.1) is 6.92 Å². The van der Waals surface area contributed by atoms with E-state index in [2.05, 4.69) is 15.5 Å². The Labute approximate surface area is 131 Å². The largest absolute Gasteiger partial charge is 0.325 e. The number of hydrogen-bond acceptors (Lipinski definition) is 3. The van der Waals surface area contributed by atoms with Crippen molar-refractivity contribution in [2.24, 2.45) is 0 Å². The van der Waals surface area contributed by atoms with Crippen molar-refractivity contribution in [2.45, 2.75) is 32.2 Å². The topological polar surface area (TPSA) is 44.4 Å². The molecule has 1 aromatic carbocycles. The lowest BCUT2D eigenvalue weighted by molar-refractivity contribution is -0.118. The molecule has 1 aliphatic rings. The third-order valence-corrected chi connectivity index (χ3v) is 4.23. The lowest BCUT2D eigenvalue weighted by atomic mass is 10.0. The Morgan fingerprint density at radius 1 is 1.43 bits per heavy atom. The van der Waals surface area contributed by atoms with Crippen LogP contribution in [0.1, 0.15) is 24.8 Å². The number of aryl methyl sites for hydroxylation is 1. The minimum atomic E-state index is 0.0448. The first-order valence-corrected chi connectivity index (χ1v) is 7.92. The molecule has 1 amide bonds. The maximum absolute atomic E-state index is 12.3. The highest BCUT2D eigenvalue weighted by atomic mass is 35.5. The molecular weight excluding hydrogens is 286 g/mol. The summed E-state index contributed by atoms with van der Waals surface area (Å²) in [6.45, 7) is 4.34. The monoisotopic (exact) mass is 309 g/mol. The van der Waals surface area contributed by atoms with Crippen LogP contribution in [0.3, 0.4) is 0 Å². The summed E-state index contributed by atoms with van der Waals surface area (Å²) in [7, 11) is 1.96. The van der Waals surface area contributed by atoms with Gasteiger partial charge in [0.05, 0.1) is 6.54 Å². The average molecular weight is 310 g/mol. The van der Waals surface area contributed by atoms with Gasteiger partial charge in [-0.05, 0) is 57.1 Å². The molecule has 2 rings (SSSR count). The number of likely N-dealkylation sites (N-methyl/N-ethyl adjacent to an activating group) is 1. The first kappa shape index (κ1) is 16.3. The molecule has 1 saturated heterocycles. The Hall–Kier alpha value is -1.10. The van der Waals surface area contributed by atoms with Crippen LogP contribution in [0.15, 0.2) is 18.2 Å². The van der Waals surface area contributed by atoms with Crippen molar-refractivity contribution in [2.75, 3.05) is 32.0 Å². The van der Waals surface area contributed by atoms with Gasteiger partial charge in [0.25, 0.3) is 0 Å². The Morgan fingerprint density at radius 3 is 2.95 bits per heavy atom. The van der Waals surface area contributed by atoms with E-state index >= 15 is 0 Å². The van der Waals surface area contributed by atoms with Gasteiger partial charge >= 0.3 is 0 Å². The van der Waals surface area contributed by atoms with Crippen molar-refractivity contribution in [1.29, 1.82) is 0 Å². The van der Waals surface area contributed by atoms with E-state index in [0.717, 1.165) is 30.8 Å². The molecule has 1 aliphatic heterocycles. The van der Waals surface area contributed by atoms with Gasteiger partial charge in [0, 0.05) is 23.3 Å². The summed E-state index contributed by atoms with van der Waals surface area (Å²) in [5.41, 5.74) is 1.83. The zero-order valence-electron chi connectivity index (χ0n) is 12.8. The van der Waals surface area contributed by atoms with Crippen molar-refractivity contribution in [3.05, 3.63) is 28.8 Å². The predicted molar refractivity (Wildman–Crippen MR) is 88.0 cm³/mol. The molecule has 1 heterocycles. The van der Waals surface area contributed by atoms with Gasteiger partial charge in [0.15, 0.2) is 0 Å². The molecular formula is C16H24ClN3O. The zero-order valence-corrected chi connectivity index (χ0v) is 13.5. The van der Waals surface area contributed by atoms with Crippen LogP contribution in [0.4, 0.5) is 5.69 Å². The average Bonchev–Trinajstić information content (AvgIpc) is 2.44. The third-order valence-electron chi connectivity index (χ3n) is 4.00. The number of likely N-dealkylation sites (tertiary alicyclic amines) is 1. The normalized spacial score (nSPS) is 19.5. The molecule has 116 valence electrons. The van der Waals surface area contributed by atoms with Crippen molar-refractivity contribution >= 4 is 23.2 Å². The number of nitrogens with one attached hydrogen (secondary N) is 2. The standard InChI is InChI=1S/C16H24ClN3O/c1-12-9-13(17)6-7-15(12)19-16(21)11-20-8-4-3-5-14(20)10-18-2/h6-7,9,14,18H,3-5,8,10-11H2,1-2H3,(H,19,21). The second-order valence-corrected chi connectivity index (χ2v) is 6.12. The van der Waals surface area contributed by atoms with Crippen LogP contribution < -0.4 is 10.6 Å². The number of carbonyl (C=O) groups is 1. The van der Waals surface area contributed by atoms with Crippen LogP contribution in [0.2, 0.25) is 5.02 Å². The fraction of sp³-hybridized carbons (Fsp3) is 0.562. The number of halogens is 1. The van der Waals surface area contributed by atoms with Crippen LogP contribution in [0.5, 0.6) is 0 Å². The van der Waals surface area contributed by atoms with Crippen molar-refractivity contribution in [3.63, 3.8) is 0 Å². The molecule has 1 unspecified atom stereocenters. The number of anilines is 1. The maximum Gasteiger partial charge on any atom is 0.238 e. The maximum atomic E-state index is 12.3. The van der Waals surface area contributed by atoms with E-state index in [4.69, 9.17) is 11.6 Å². The third kappa shape index (κ3) is 4.70. The highest BCUT2D eigenvalue weighted by Gasteiger charge is 2.23. The number of nitrogens with zero attached hydrogens (tertiary/aromatic N) is 1. The molecule has 0 radical (unpaired) electrons. The Bertz CT molecular complexity index is 490. The van der Waals surface area contributed by atoms with Crippen LogP contribution in [-0.2, 0) is 4.79 Å². The second-order valence-electron chi connectivity index (χ2n) is 5.69. The molecule has 4 nitrogen and oxygen atoms in total. The lowest BCUT2D eigenvalue weighted by Gasteiger charge is -2.35. The van der Waals surface area contributed by atoms with Gasteiger partial charge in [-0.2, -0.15) is 0 Å². The SMILES string of the molecule is CNCC1CCCCN1CC(=O)Nc1ccc(Cl)cc1C. The smallest absolute Gasteiger partial charge is 0.238 e. The van der Waals surface area contributed by atoms with E-state index in [1.807, 2.05) is 26.1 Å². The van der Waals surface area contributed by atoms with Gasteiger partial charge < -0.3 is 10.6 Å². The minimum Gasteiger partial charge on any atom is -0.325 e. The van der Waals surface area contributed by atoms with E-state index in [1.165, 1.54) is 12.8 Å². The minimum absolute atomic E-state index is 0.0448. The summed E-state index contributed by atoms with van der Waals surface area (Å²) in [4.78, 5) is 14.5. The summed E-state index contributed by atoms with van der Waals surface area (Å²) in [6.07, 6.45) is 3.59. The Morgan fingerprint density at radius 2 is 2.24 bits per heavy atom. The quantitative estimate of drug-likeness (QED) is 0.879. The van der Waals surface area contributed by atoms with E-state index in [-0.39, 0.29) is 5.91 Å². The molecule has 0 saturated carbocycles. The van der Waals surface area contributed by atoms with Crippen LogP contribution >= 0.6 is 11.6 Å². The molecule has 1 atom stereocenters. The first-order valence-electron chi connectivity index (χ1n) is 7.55. The molecule has 0 aliphatic carbocycles. The predicted octanol–water partition coefficient (Wildman–Crippen LogP) is 2.66. The van der Waals surface area contributed by atoms with Gasteiger partial charge in [-0.3, -0.25) is 9.69 Å². The summed E-state index contributed by atoms with van der Waals surface area (Å²) < 4.78 is 0. The summed E-state index contributed by atoms with van der Waals surface area (Å²) in [6, 6.07) is 5.98. The Balaban J connectivity index is 1.93. The van der Waals surface area contributed by atoms with Gasteiger partial charge in [-0.15, -0.1) is 0 Å². The molecule has 1 aromatic rings. The van der Waals surface area contributed by atoms with Crippen molar-refractivity contribution in [1.82, 2.24) is 10.2 Å². The molecule has 1 fully saturated rings. The van der Waals surface area contributed by atoms with Crippen molar-refractivity contribution < 1.29 is 4.79 Å². The van der Waals surface area contributed by atoms with E-state index in [0.29, 0.717) is 17.6 Å². The molecule has 5 heteroatoms. The van der Waals surface area contributed by atoms with E-state index < -0.39 is 0 Å². The second kappa shape index (κ2) is 7.78. The summed E-state index contributed by atoms with van der Waals surface area (Å²) in [5.74, 6) is 0.0448. The fourth-order valence-electron chi connectivity index (χ4n) is 2.88. The number of amides is 1. The number of benzene rings is 1. The van der Waals surface area contributed by atoms with E-state index in [9.17, 15) is 4.79 Å². The first-order chi connectivity index (χ1) is 10.1. The van der Waals surface area contributed by atoms with Crippen molar-refractivity contribution in [3.8, 4) is 0 Å². The highest BCUT2D eigenvalue weighted by Crippen LogP contribution is 2.20. The molecule has 0 bridgehead atoms. The molecule has 0 spiro atoms. The zero-order chi connectivity index (χ0) is 15.2. The summed E-state index contributed by atoms with van der Waals surface area (Å²) >= 11 is 5.94. The van der Waals surface area contributed by atoms with Gasteiger partial charge in [0.1, 0.15) is 0 Å². The Kier molecular flexibility index (Phi) is 6.03. The molecule has 2 N–H and O–H groups in total. The van der Waals surface area contributed by atoms with Gasteiger partial charge in [-0.25, -0.2) is 0 Å². The van der Waals surface area contributed by atoms with Crippen LogP contribution in [-0.4, -0.2) is 43.5 Å². The van der Waals surface area contributed by atoms with Crippen LogP contribution in [0.25, 0.3) is 0 Å². The number of hydrogen-bond donors (Lipinski definition) is 2.